The molecule has 0 aliphatic heterocycles. The second-order valence-corrected chi connectivity index (χ2v) is 5.05. The molecule has 2 aromatic heterocycles. The van der Waals surface area contributed by atoms with Crippen molar-refractivity contribution in [2.75, 3.05) is 6.61 Å². The van der Waals surface area contributed by atoms with E-state index in [4.69, 9.17) is 21.1 Å². The summed E-state index contributed by atoms with van der Waals surface area (Å²) in [6.45, 7) is 0.228. The summed E-state index contributed by atoms with van der Waals surface area (Å²) in [6.07, 6.45) is 0. The Labute approximate surface area is 119 Å². The van der Waals surface area contributed by atoms with E-state index in [0.717, 1.165) is 9.75 Å². The summed E-state index contributed by atoms with van der Waals surface area (Å²) in [5, 5.41) is 11.5. The maximum Gasteiger partial charge on any atom is 0.287 e. The Morgan fingerprint density at radius 2 is 2.26 bits per heavy atom. The van der Waals surface area contributed by atoms with Crippen LogP contribution in [-0.2, 0) is 6.54 Å². The zero-order chi connectivity index (χ0) is 13.7. The van der Waals surface area contributed by atoms with E-state index in [1.165, 1.54) is 23.5 Å². The van der Waals surface area contributed by atoms with Gasteiger partial charge in [-0.3, -0.25) is 4.79 Å². The monoisotopic (exact) mass is 295 g/mol. The van der Waals surface area contributed by atoms with Crippen molar-refractivity contribution in [2.24, 2.45) is 0 Å². The molecule has 2 N–H and O–H groups in total. The van der Waals surface area contributed by atoms with Crippen LogP contribution in [0.1, 0.15) is 20.3 Å². The Kier molecular flexibility index (Phi) is 4.63. The molecule has 98 valence electrons. The molecule has 4 nitrogen and oxygen atoms in total. The van der Waals surface area contributed by atoms with Crippen molar-refractivity contribution in [3.05, 3.63) is 45.0 Å². The number of hydrogen-bond acceptors (Lipinski definition) is 4. The Hall–Kier alpha value is -1.74. The van der Waals surface area contributed by atoms with Gasteiger partial charge in [0.25, 0.3) is 5.91 Å². The van der Waals surface area contributed by atoms with Crippen LogP contribution >= 0.6 is 22.9 Å². The molecule has 0 fully saturated rings. The van der Waals surface area contributed by atoms with Crippen LogP contribution in [0.4, 0.5) is 0 Å². The summed E-state index contributed by atoms with van der Waals surface area (Å²) in [5.41, 5.74) is 0. The molecule has 0 saturated carbocycles. The van der Waals surface area contributed by atoms with Gasteiger partial charge < -0.3 is 14.8 Å². The number of aliphatic hydroxyl groups is 1. The van der Waals surface area contributed by atoms with Crippen molar-refractivity contribution in [3.63, 3.8) is 0 Å². The summed E-state index contributed by atoms with van der Waals surface area (Å²) < 4.78 is 5.00. The number of nitrogens with one attached hydrogen (secondary N) is 1. The predicted octanol–water partition coefficient (Wildman–Crippen LogP) is 2.27. The first kappa shape index (κ1) is 13.7. The van der Waals surface area contributed by atoms with Crippen molar-refractivity contribution < 1.29 is 14.3 Å². The number of halogens is 1. The fourth-order valence-electron chi connectivity index (χ4n) is 1.36. The lowest BCUT2D eigenvalue weighted by molar-refractivity contribution is 0.0923. The van der Waals surface area contributed by atoms with E-state index in [-0.39, 0.29) is 23.5 Å². The first-order valence-electron chi connectivity index (χ1n) is 5.41. The topological polar surface area (TPSA) is 62.5 Å². The summed E-state index contributed by atoms with van der Waals surface area (Å²) in [4.78, 5) is 13.5. The van der Waals surface area contributed by atoms with Gasteiger partial charge in [0.05, 0.1) is 11.4 Å². The highest BCUT2D eigenvalue weighted by Gasteiger charge is 2.10. The molecule has 19 heavy (non-hydrogen) atoms. The van der Waals surface area contributed by atoms with Crippen molar-refractivity contribution in [1.29, 1.82) is 0 Å². The summed E-state index contributed by atoms with van der Waals surface area (Å²) >= 11 is 7.05. The first-order valence-corrected chi connectivity index (χ1v) is 6.60. The molecule has 0 unspecified atom stereocenters. The summed E-state index contributed by atoms with van der Waals surface area (Å²) in [7, 11) is 0. The number of carbonyl (C=O) groups is 1. The predicted molar refractivity (Wildman–Crippen MR) is 73.2 cm³/mol. The van der Waals surface area contributed by atoms with Gasteiger partial charge in [0.15, 0.2) is 11.0 Å². The number of carbonyl (C=O) groups excluding carboxylic acids is 1. The maximum absolute atomic E-state index is 11.7. The standard InChI is InChI=1S/C13H10ClNO3S/c14-12-6-5-11(18-12)13(17)15-8-10-4-3-9(19-10)2-1-7-16/h3-6,16H,7-8H2,(H,15,17). The number of hydrogen-bond donors (Lipinski definition) is 2. The van der Waals surface area contributed by atoms with Crippen LogP contribution in [0.3, 0.4) is 0 Å². The lowest BCUT2D eigenvalue weighted by Crippen LogP contribution is -2.21. The highest BCUT2D eigenvalue weighted by Crippen LogP contribution is 2.16. The molecule has 6 heteroatoms. The molecule has 2 aromatic rings. The lowest BCUT2D eigenvalue weighted by atomic mass is 10.4. The average Bonchev–Trinajstić information content (AvgIpc) is 3.02. The van der Waals surface area contributed by atoms with Crippen LogP contribution in [0.15, 0.2) is 28.7 Å². The fraction of sp³-hybridized carbons (Fsp3) is 0.154. The van der Waals surface area contributed by atoms with Crippen molar-refractivity contribution in [3.8, 4) is 11.8 Å². The molecule has 0 atom stereocenters. The molecule has 0 aliphatic rings. The summed E-state index contributed by atoms with van der Waals surface area (Å²) in [5.74, 6) is 5.24. The highest BCUT2D eigenvalue weighted by molar-refractivity contribution is 7.12. The normalized spacial score (nSPS) is 9.79. The zero-order valence-corrected chi connectivity index (χ0v) is 11.3. The minimum Gasteiger partial charge on any atom is -0.440 e. The van der Waals surface area contributed by atoms with E-state index in [1.54, 1.807) is 0 Å². The van der Waals surface area contributed by atoms with Gasteiger partial charge in [0.2, 0.25) is 0 Å². The zero-order valence-electron chi connectivity index (χ0n) is 9.77. The highest BCUT2D eigenvalue weighted by atomic mass is 35.5. The fourth-order valence-corrected chi connectivity index (χ4v) is 2.33. The summed E-state index contributed by atoms with van der Waals surface area (Å²) in [6, 6.07) is 6.76. The largest absolute Gasteiger partial charge is 0.440 e. The Balaban J connectivity index is 1.92. The number of aliphatic hydroxyl groups excluding tert-OH is 1. The van der Waals surface area contributed by atoms with Crippen molar-refractivity contribution in [1.82, 2.24) is 5.32 Å². The molecular formula is C13H10ClNO3S. The minimum atomic E-state index is -0.316. The van der Waals surface area contributed by atoms with Gasteiger partial charge >= 0.3 is 0 Å². The number of furan rings is 1. The third kappa shape index (κ3) is 3.86. The molecule has 2 heterocycles. The van der Waals surface area contributed by atoms with Crippen LogP contribution in [0, 0.1) is 11.8 Å². The van der Waals surface area contributed by atoms with E-state index < -0.39 is 0 Å². The molecule has 1 amide bonds. The van der Waals surface area contributed by atoms with Gasteiger partial charge in [-0.2, -0.15) is 0 Å². The van der Waals surface area contributed by atoms with Crippen LogP contribution in [0.5, 0.6) is 0 Å². The van der Waals surface area contributed by atoms with Gasteiger partial charge in [-0.1, -0.05) is 11.8 Å². The second kappa shape index (κ2) is 6.43. The van der Waals surface area contributed by atoms with E-state index in [0.29, 0.717) is 6.54 Å². The molecule has 2 rings (SSSR count). The lowest BCUT2D eigenvalue weighted by Gasteiger charge is -1.99. The number of thiophene rings is 1. The van der Waals surface area contributed by atoms with Crippen LogP contribution in [-0.4, -0.2) is 17.6 Å². The Bertz CT molecular complexity index is 636. The van der Waals surface area contributed by atoms with Gasteiger partial charge in [-0.05, 0) is 35.9 Å². The van der Waals surface area contributed by atoms with Crippen LogP contribution in [0.25, 0.3) is 0 Å². The Morgan fingerprint density at radius 1 is 1.42 bits per heavy atom. The van der Waals surface area contributed by atoms with Gasteiger partial charge in [-0.25, -0.2) is 0 Å². The van der Waals surface area contributed by atoms with E-state index in [2.05, 4.69) is 17.2 Å². The minimum absolute atomic E-state index is 0.163. The number of amides is 1. The number of rotatable bonds is 3. The molecule has 0 radical (unpaired) electrons. The van der Waals surface area contributed by atoms with Crippen LogP contribution < -0.4 is 5.32 Å². The average molecular weight is 296 g/mol. The maximum atomic E-state index is 11.7. The van der Waals surface area contributed by atoms with Gasteiger partial charge in [0.1, 0.15) is 6.61 Å². The molecule has 0 bridgehead atoms. The molecule has 0 aliphatic carbocycles. The van der Waals surface area contributed by atoms with Crippen LogP contribution in [0.2, 0.25) is 5.22 Å². The molecule has 0 saturated heterocycles. The van der Waals surface area contributed by atoms with E-state index in [1.807, 2.05) is 12.1 Å². The van der Waals surface area contributed by atoms with Crippen molar-refractivity contribution in [2.45, 2.75) is 6.54 Å². The third-order valence-corrected chi connectivity index (χ3v) is 3.38. The quantitative estimate of drug-likeness (QED) is 0.854. The third-order valence-electron chi connectivity index (χ3n) is 2.17. The van der Waals surface area contributed by atoms with Gasteiger partial charge in [0, 0.05) is 4.88 Å². The van der Waals surface area contributed by atoms with Gasteiger partial charge in [-0.15, -0.1) is 11.3 Å². The second-order valence-electron chi connectivity index (χ2n) is 3.51. The van der Waals surface area contributed by atoms with E-state index in [9.17, 15) is 4.79 Å². The molecular weight excluding hydrogens is 286 g/mol. The first-order chi connectivity index (χ1) is 9.19. The van der Waals surface area contributed by atoms with Crippen molar-refractivity contribution >= 4 is 28.8 Å². The van der Waals surface area contributed by atoms with E-state index >= 15 is 0 Å². The molecule has 0 spiro atoms. The molecule has 0 aromatic carbocycles. The SMILES string of the molecule is O=C(NCc1ccc(C#CCO)s1)c1ccc(Cl)o1. The Morgan fingerprint density at radius 3 is 2.95 bits per heavy atom. The smallest absolute Gasteiger partial charge is 0.287 e.